The van der Waals surface area contributed by atoms with E-state index >= 15 is 0 Å². The van der Waals surface area contributed by atoms with Crippen molar-refractivity contribution in [2.75, 3.05) is 18.0 Å². The first-order valence-corrected chi connectivity index (χ1v) is 9.33. The van der Waals surface area contributed by atoms with Gasteiger partial charge in [0.1, 0.15) is 0 Å². The molecule has 3 rings (SSSR count). The lowest BCUT2D eigenvalue weighted by Gasteiger charge is -2.24. The van der Waals surface area contributed by atoms with Crippen LogP contribution in [0.2, 0.25) is 10.0 Å². The van der Waals surface area contributed by atoms with E-state index in [1.165, 1.54) is 0 Å². The van der Waals surface area contributed by atoms with Gasteiger partial charge in [-0.2, -0.15) is 0 Å². The van der Waals surface area contributed by atoms with Gasteiger partial charge in [-0.1, -0.05) is 53.5 Å². The van der Waals surface area contributed by atoms with Crippen LogP contribution in [-0.4, -0.2) is 29.8 Å². The van der Waals surface area contributed by atoms with E-state index in [4.69, 9.17) is 23.2 Å². The number of anilines is 1. The van der Waals surface area contributed by atoms with Gasteiger partial charge in [-0.05, 0) is 30.7 Å². The minimum atomic E-state index is -0.347. The molecule has 1 unspecified atom stereocenters. The molecule has 2 aromatic carbocycles. The number of benzene rings is 2. The van der Waals surface area contributed by atoms with Crippen LogP contribution in [0.3, 0.4) is 0 Å². The van der Waals surface area contributed by atoms with Crippen LogP contribution in [-0.2, 0) is 16.1 Å². The second-order valence-corrected chi connectivity index (χ2v) is 7.16. The van der Waals surface area contributed by atoms with Crippen LogP contribution in [0.1, 0.15) is 18.9 Å². The highest BCUT2D eigenvalue weighted by Crippen LogP contribution is 2.31. The van der Waals surface area contributed by atoms with Crippen molar-refractivity contribution >= 4 is 40.7 Å². The molecule has 2 amide bonds. The van der Waals surface area contributed by atoms with Gasteiger partial charge in [0.15, 0.2) is 0 Å². The van der Waals surface area contributed by atoms with E-state index < -0.39 is 0 Å². The second kappa shape index (κ2) is 8.11. The quantitative estimate of drug-likeness (QED) is 0.758. The molecule has 136 valence electrons. The topological polar surface area (TPSA) is 40.6 Å². The van der Waals surface area contributed by atoms with E-state index in [-0.39, 0.29) is 24.2 Å². The summed E-state index contributed by atoms with van der Waals surface area (Å²) in [6.07, 6.45) is 0.213. The molecule has 1 heterocycles. The third-order valence-corrected chi connectivity index (χ3v) is 5.34. The molecule has 0 radical (unpaired) electrons. The van der Waals surface area contributed by atoms with Crippen molar-refractivity contribution in [3.63, 3.8) is 0 Å². The predicted molar refractivity (Wildman–Crippen MR) is 104 cm³/mol. The molecule has 0 spiro atoms. The SMILES string of the molecule is CCN(Cc1ccccc1)C(=O)C1CC(=O)N(c2ccc(Cl)c(Cl)c2)C1. The third-order valence-electron chi connectivity index (χ3n) is 4.60. The molecule has 1 saturated heterocycles. The normalized spacial score (nSPS) is 16.8. The third kappa shape index (κ3) is 4.02. The summed E-state index contributed by atoms with van der Waals surface area (Å²) in [7, 11) is 0. The summed E-state index contributed by atoms with van der Waals surface area (Å²) >= 11 is 12.0. The van der Waals surface area contributed by atoms with Crippen LogP contribution in [0, 0.1) is 5.92 Å². The van der Waals surface area contributed by atoms with Gasteiger partial charge in [0.2, 0.25) is 11.8 Å². The van der Waals surface area contributed by atoms with Gasteiger partial charge in [-0.25, -0.2) is 0 Å². The van der Waals surface area contributed by atoms with Gasteiger partial charge in [-0.3, -0.25) is 9.59 Å². The minimum absolute atomic E-state index is 0.00673. The number of amides is 2. The van der Waals surface area contributed by atoms with Gasteiger partial charge in [0.25, 0.3) is 0 Å². The minimum Gasteiger partial charge on any atom is -0.338 e. The number of nitrogens with zero attached hydrogens (tertiary/aromatic N) is 2. The summed E-state index contributed by atoms with van der Waals surface area (Å²) in [5.41, 5.74) is 1.75. The molecule has 0 N–H and O–H groups in total. The first-order chi connectivity index (χ1) is 12.5. The highest BCUT2D eigenvalue weighted by Gasteiger charge is 2.37. The predicted octanol–water partition coefficient (Wildman–Crippen LogP) is 4.40. The maximum absolute atomic E-state index is 12.9. The molecule has 6 heteroatoms. The summed E-state index contributed by atoms with van der Waals surface area (Å²) < 4.78 is 0. The molecule has 0 aromatic heterocycles. The summed E-state index contributed by atoms with van der Waals surface area (Å²) in [4.78, 5) is 28.8. The Balaban J connectivity index is 1.72. The molecular formula is C20H20Cl2N2O2. The van der Waals surface area contributed by atoms with Gasteiger partial charge >= 0.3 is 0 Å². The summed E-state index contributed by atoms with van der Waals surface area (Å²) in [5.74, 6) is -0.412. The number of carbonyl (C=O) groups excluding carboxylic acids is 2. The monoisotopic (exact) mass is 390 g/mol. The van der Waals surface area contributed by atoms with Crippen molar-refractivity contribution in [3.05, 3.63) is 64.1 Å². The first-order valence-electron chi connectivity index (χ1n) is 8.57. The second-order valence-electron chi connectivity index (χ2n) is 6.34. The molecule has 1 aliphatic heterocycles. The molecule has 1 aliphatic rings. The molecular weight excluding hydrogens is 371 g/mol. The van der Waals surface area contributed by atoms with Crippen LogP contribution in [0.15, 0.2) is 48.5 Å². The van der Waals surface area contributed by atoms with Gasteiger partial charge in [0.05, 0.1) is 16.0 Å². The summed E-state index contributed by atoms with van der Waals surface area (Å²) in [5, 5.41) is 0.834. The highest BCUT2D eigenvalue weighted by molar-refractivity contribution is 6.42. The fraction of sp³-hybridized carbons (Fsp3) is 0.300. The highest BCUT2D eigenvalue weighted by atomic mass is 35.5. The Morgan fingerprint density at radius 3 is 2.54 bits per heavy atom. The van der Waals surface area contributed by atoms with Crippen molar-refractivity contribution in [3.8, 4) is 0 Å². The van der Waals surface area contributed by atoms with E-state index in [1.54, 1.807) is 28.0 Å². The largest absolute Gasteiger partial charge is 0.338 e. The van der Waals surface area contributed by atoms with Gasteiger partial charge in [-0.15, -0.1) is 0 Å². The van der Waals surface area contributed by atoms with E-state index in [2.05, 4.69) is 0 Å². The van der Waals surface area contributed by atoms with E-state index in [9.17, 15) is 9.59 Å². The molecule has 4 nitrogen and oxygen atoms in total. The summed E-state index contributed by atoms with van der Waals surface area (Å²) in [6, 6.07) is 14.9. The number of hydrogen-bond acceptors (Lipinski definition) is 2. The van der Waals surface area contributed by atoms with E-state index in [1.807, 2.05) is 37.3 Å². The molecule has 0 bridgehead atoms. The lowest BCUT2D eigenvalue weighted by molar-refractivity contribution is -0.136. The van der Waals surface area contributed by atoms with Crippen molar-refractivity contribution in [1.29, 1.82) is 0 Å². The average molecular weight is 391 g/mol. The lowest BCUT2D eigenvalue weighted by Crippen LogP contribution is -2.37. The molecule has 0 aliphatic carbocycles. The van der Waals surface area contributed by atoms with Crippen molar-refractivity contribution in [2.45, 2.75) is 19.9 Å². The lowest BCUT2D eigenvalue weighted by atomic mass is 10.1. The van der Waals surface area contributed by atoms with Gasteiger partial charge in [0, 0.05) is 31.7 Å². The zero-order valence-corrected chi connectivity index (χ0v) is 16.0. The fourth-order valence-corrected chi connectivity index (χ4v) is 3.48. The van der Waals surface area contributed by atoms with Crippen LogP contribution in [0.4, 0.5) is 5.69 Å². The summed E-state index contributed by atoms with van der Waals surface area (Å²) in [6.45, 7) is 3.47. The van der Waals surface area contributed by atoms with Gasteiger partial charge < -0.3 is 9.80 Å². The Labute approximate surface area is 163 Å². The molecule has 1 fully saturated rings. The number of hydrogen-bond donors (Lipinski definition) is 0. The number of halogens is 2. The molecule has 0 saturated carbocycles. The number of rotatable bonds is 5. The molecule has 1 atom stereocenters. The Morgan fingerprint density at radius 2 is 1.88 bits per heavy atom. The van der Waals surface area contributed by atoms with Crippen LogP contribution in [0.25, 0.3) is 0 Å². The molecule has 2 aromatic rings. The average Bonchev–Trinajstić information content (AvgIpc) is 3.04. The van der Waals surface area contributed by atoms with Crippen molar-refractivity contribution in [1.82, 2.24) is 4.90 Å². The van der Waals surface area contributed by atoms with Crippen molar-refractivity contribution < 1.29 is 9.59 Å². The Kier molecular flexibility index (Phi) is 5.84. The van der Waals surface area contributed by atoms with Crippen LogP contribution < -0.4 is 4.90 Å². The first kappa shape index (κ1) is 18.7. The van der Waals surface area contributed by atoms with E-state index in [0.29, 0.717) is 35.4 Å². The van der Waals surface area contributed by atoms with Crippen LogP contribution in [0.5, 0.6) is 0 Å². The fourth-order valence-electron chi connectivity index (χ4n) is 3.18. The van der Waals surface area contributed by atoms with E-state index in [0.717, 1.165) is 5.56 Å². The van der Waals surface area contributed by atoms with Crippen molar-refractivity contribution in [2.24, 2.45) is 5.92 Å². The number of carbonyl (C=O) groups is 2. The standard InChI is InChI=1S/C20H20Cl2N2O2/c1-2-23(12-14-6-4-3-5-7-14)20(26)15-10-19(25)24(13-15)16-8-9-17(21)18(22)11-16/h3-9,11,15H,2,10,12-13H2,1H3. The smallest absolute Gasteiger partial charge is 0.228 e. The Hall–Kier alpha value is -2.04. The molecule has 26 heavy (non-hydrogen) atoms. The Morgan fingerprint density at radius 1 is 1.15 bits per heavy atom. The maximum atomic E-state index is 12.9. The zero-order valence-electron chi connectivity index (χ0n) is 14.5. The van der Waals surface area contributed by atoms with Crippen LogP contribution >= 0.6 is 23.2 Å². The zero-order chi connectivity index (χ0) is 18.7. The Bertz CT molecular complexity index is 811. The maximum Gasteiger partial charge on any atom is 0.228 e.